The van der Waals surface area contributed by atoms with E-state index in [1.807, 2.05) is 24.3 Å². The molecule has 1 aromatic carbocycles. The minimum atomic E-state index is 0. The van der Waals surface area contributed by atoms with Gasteiger partial charge in [0.2, 0.25) is 11.7 Å². The Morgan fingerprint density at radius 2 is 2.07 bits per heavy atom. The van der Waals surface area contributed by atoms with Crippen LogP contribution in [0.3, 0.4) is 0 Å². The van der Waals surface area contributed by atoms with E-state index in [2.05, 4.69) is 47.8 Å². The van der Waals surface area contributed by atoms with E-state index >= 15 is 0 Å². The minimum absolute atomic E-state index is 0. The Labute approximate surface area is 195 Å². The summed E-state index contributed by atoms with van der Waals surface area (Å²) in [6.45, 7) is 4.19. The smallest absolute Gasteiger partial charge is 0.246 e. The van der Waals surface area contributed by atoms with E-state index in [1.165, 1.54) is 5.00 Å². The van der Waals surface area contributed by atoms with Crippen molar-refractivity contribution in [3.05, 3.63) is 52.7 Å². The molecule has 0 radical (unpaired) electrons. The number of hydrogen-bond donors (Lipinski definition) is 1. The van der Waals surface area contributed by atoms with Crippen LogP contribution in [0.1, 0.15) is 5.89 Å². The average Bonchev–Trinajstić information content (AvgIpc) is 3.41. The molecule has 7 nitrogen and oxygen atoms in total. The first kappa shape index (κ1) is 21.8. The third kappa shape index (κ3) is 5.40. The number of nitrogens with zero attached hydrogens (tertiary/aromatic N) is 5. The van der Waals surface area contributed by atoms with Gasteiger partial charge < -0.3 is 19.6 Å². The second-order valence-electron chi connectivity index (χ2n) is 6.35. The first-order valence-electron chi connectivity index (χ1n) is 9.05. The van der Waals surface area contributed by atoms with Gasteiger partial charge in [-0.25, -0.2) is 0 Å². The summed E-state index contributed by atoms with van der Waals surface area (Å²) >= 11 is 7.81. The monoisotopic (exact) mass is 544 g/mol. The molecule has 0 saturated carbocycles. The van der Waals surface area contributed by atoms with Gasteiger partial charge in [0.05, 0.1) is 11.5 Å². The molecule has 0 amide bonds. The first-order valence-corrected chi connectivity index (χ1v) is 10.3. The lowest BCUT2D eigenvalue weighted by molar-refractivity contribution is 0.355. The number of anilines is 1. The Morgan fingerprint density at radius 3 is 2.76 bits per heavy atom. The second kappa shape index (κ2) is 10.3. The van der Waals surface area contributed by atoms with E-state index in [0.717, 1.165) is 37.7 Å². The van der Waals surface area contributed by atoms with E-state index in [9.17, 15) is 0 Å². The molecule has 154 valence electrons. The fraction of sp³-hybridized carbons (Fsp3) is 0.316. The normalized spacial score (nSPS) is 14.6. The van der Waals surface area contributed by atoms with Crippen LogP contribution >= 0.6 is 46.9 Å². The molecule has 29 heavy (non-hydrogen) atoms. The van der Waals surface area contributed by atoms with Crippen LogP contribution in [0.25, 0.3) is 11.4 Å². The highest BCUT2D eigenvalue weighted by molar-refractivity contribution is 14.0. The number of nitrogens with one attached hydrogen (secondary N) is 1. The highest BCUT2D eigenvalue weighted by Gasteiger charge is 2.20. The summed E-state index contributed by atoms with van der Waals surface area (Å²) in [4.78, 5) is 13.5. The van der Waals surface area contributed by atoms with Gasteiger partial charge in [0, 0.05) is 43.8 Å². The minimum Gasteiger partial charge on any atom is -0.360 e. The lowest BCUT2D eigenvalue weighted by Crippen LogP contribution is -2.52. The highest BCUT2D eigenvalue weighted by Crippen LogP contribution is 2.22. The van der Waals surface area contributed by atoms with Gasteiger partial charge in [0.25, 0.3) is 0 Å². The Bertz CT molecular complexity index is 940. The van der Waals surface area contributed by atoms with Crippen molar-refractivity contribution in [2.75, 3.05) is 38.1 Å². The molecule has 1 aliphatic rings. The van der Waals surface area contributed by atoms with Crippen LogP contribution in [0.4, 0.5) is 5.00 Å². The number of guanidine groups is 1. The molecular weight excluding hydrogens is 523 g/mol. The SMILES string of the molecule is CN=C(NCc1nc(-c2cccc(Cl)c2)no1)N1CCN(c2cccs2)CC1.I. The second-order valence-corrected chi connectivity index (χ2v) is 7.71. The van der Waals surface area contributed by atoms with Gasteiger partial charge in [-0.05, 0) is 29.6 Å². The molecule has 3 aromatic rings. The molecule has 1 N–H and O–H groups in total. The molecule has 0 bridgehead atoms. The number of piperazine rings is 1. The van der Waals surface area contributed by atoms with Crippen LogP contribution in [0.5, 0.6) is 0 Å². The first-order chi connectivity index (χ1) is 13.7. The Hall–Kier alpha value is -1.85. The summed E-state index contributed by atoms with van der Waals surface area (Å²) in [5.74, 6) is 1.88. The zero-order chi connectivity index (χ0) is 19.3. The summed E-state index contributed by atoms with van der Waals surface area (Å²) in [5, 5.41) is 11.4. The Balaban J connectivity index is 0.00000240. The lowest BCUT2D eigenvalue weighted by atomic mass is 10.2. The van der Waals surface area contributed by atoms with Crippen molar-refractivity contribution in [3.8, 4) is 11.4 Å². The molecule has 0 spiro atoms. The lowest BCUT2D eigenvalue weighted by Gasteiger charge is -2.36. The van der Waals surface area contributed by atoms with Crippen molar-refractivity contribution < 1.29 is 4.52 Å². The largest absolute Gasteiger partial charge is 0.360 e. The maximum atomic E-state index is 6.03. The number of aliphatic imine (C=N–C) groups is 1. The number of halogens is 2. The fourth-order valence-corrected chi connectivity index (χ4v) is 4.12. The Kier molecular flexibility index (Phi) is 7.73. The Morgan fingerprint density at radius 1 is 1.24 bits per heavy atom. The van der Waals surface area contributed by atoms with E-state index in [-0.39, 0.29) is 24.0 Å². The molecule has 1 aliphatic heterocycles. The number of aromatic nitrogens is 2. The van der Waals surface area contributed by atoms with Crippen LogP contribution < -0.4 is 10.2 Å². The molecule has 1 saturated heterocycles. The maximum absolute atomic E-state index is 6.03. The van der Waals surface area contributed by atoms with Gasteiger partial charge in [-0.3, -0.25) is 4.99 Å². The number of hydrogen-bond acceptors (Lipinski definition) is 6. The van der Waals surface area contributed by atoms with Crippen LogP contribution in [-0.4, -0.2) is 54.2 Å². The van der Waals surface area contributed by atoms with Crippen molar-refractivity contribution in [1.29, 1.82) is 0 Å². The molecule has 1 fully saturated rings. The topological polar surface area (TPSA) is 69.8 Å². The van der Waals surface area contributed by atoms with Crippen LogP contribution in [0, 0.1) is 0 Å². The molecule has 4 rings (SSSR count). The number of rotatable bonds is 4. The van der Waals surface area contributed by atoms with E-state index in [1.54, 1.807) is 18.4 Å². The van der Waals surface area contributed by atoms with Crippen molar-refractivity contribution in [2.45, 2.75) is 6.54 Å². The zero-order valence-corrected chi connectivity index (χ0v) is 19.8. The van der Waals surface area contributed by atoms with Crippen LogP contribution in [0.15, 0.2) is 51.3 Å². The standard InChI is InChI=1S/C19H21ClN6OS.HI/c1-21-19(26-9-7-25(8-10-26)17-6-3-11-28-17)22-13-16-23-18(24-27-16)14-4-2-5-15(20)12-14;/h2-6,11-12H,7-10,13H2,1H3,(H,21,22);1H. The van der Waals surface area contributed by atoms with Gasteiger partial charge in [0.15, 0.2) is 5.96 Å². The third-order valence-corrected chi connectivity index (χ3v) is 5.72. The van der Waals surface area contributed by atoms with Crippen molar-refractivity contribution in [2.24, 2.45) is 4.99 Å². The van der Waals surface area contributed by atoms with Crippen molar-refractivity contribution >= 4 is 57.9 Å². The molecule has 0 atom stereocenters. The third-order valence-electron chi connectivity index (χ3n) is 4.56. The summed E-state index contributed by atoms with van der Waals surface area (Å²) in [7, 11) is 1.79. The molecule has 0 unspecified atom stereocenters. The highest BCUT2D eigenvalue weighted by atomic mass is 127. The van der Waals surface area contributed by atoms with Gasteiger partial charge >= 0.3 is 0 Å². The molecule has 0 aliphatic carbocycles. The van der Waals surface area contributed by atoms with Crippen LogP contribution in [0.2, 0.25) is 5.02 Å². The maximum Gasteiger partial charge on any atom is 0.246 e. The predicted octanol–water partition coefficient (Wildman–Crippen LogP) is 3.97. The van der Waals surface area contributed by atoms with Crippen molar-refractivity contribution in [1.82, 2.24) is 20.4 Å². The molecule has 10 heteroatoms. The molecule has 3 heterocycles. The van der Waals surface area contributed by atoms with Gasteiger partial charge in [-0.1, -0.05) is 28.9 Å². The van der Waals surface area contributed by atoms with Gasteiger partial charge in [0.1, 0.15) is 0 Å². The van der Waals surface area contributed by atoms with E-state index in [0.29, 0.717) is 23.3 Å². The summed E-state index contributed by atoms with van der Waals surface area (Å²) in [6.07, 6.45) is 0. The summed E-state index contributed by atoms with van der Waals surface area (Å²) in [5.41, 5.74) is 0.830. The van der Waals surface area contributed by atoms with E-state index in [4.69, 9.17) is 16.1 Å². The molecule has 2 aromatic heterocycles. The predicted molar refractivity (Wildman–Crippen MR) is 128 cm³/mol. The molecular formula is C19H22ClIN6OS. The average molecular weight is 545 g/mol. The summed E-state index contributed by atoms with van der Waals surface area (Å²) in [6, 6.07) is 11.7. The number of thiophene rings is 1. The summed E-state index contributed by atoms with van der Waals surface area (Å²) < 4.78 is 5.36. The zero-order valence-electron chi connectivity index (χ0n) is 15.9. The fourth-order valence-electron chi connectivity index (χ4n) is 3.15. The quantitative estimate of drug-likeness (QED) is 0.305. The van der Waals surface area contributed by atoms with Crippen molar-refractivity contribution in [3.63, 3.8) is 0 Å². The van der Waals surface area contributed by atoms with Gasteiger partial charge in [-0.2, -0.15) is 4.98 Å². The van der Waals surface area contributed by atoms with E-state index < -0.39 is 0 Å². The van der Waals surface area contributed by atoms with Crippen LogP contribution in [-0.2, 0) is 6.54 Å². The van der Waals surface area contributed by atoms with Gasteiger partial charge in [-0.15, -0.1) is 35.3 Å². The number of benzene rings is 1.